The summed E-state index contributed by atoms with van der Waals surface area (Å²) in [5.41, 5.74) is 2.13. The van der Waals surface area contributed by atoms with E-state index in [1.807, 2.05) is 52.1 Å². The lowest BCUT2D eigenvalue weighted by molar-refractivity contribution is -0.121. The molecule has 0 spiro atoms. The van der Waals surface area contributed by atoms with Gasteiger partial charge in [-0.15, -0.1) is 0 Å². The molecule has 0 atom stereocenters. The summed E-state index contributed by atoms with van der Waals surface area (Å²) in [4.78, 5) is 13.4. The van der Waals surface area contributed by atoms with Crippen molar-refractivity contribution in [1.29, 1.82) is 0 Å². The molecule has 1 aromatic carbocycles. The lowest BCUT2D eigenvalue weighted by Gasteiger charge is -2.19. The third-order valence-corrected chi connectivity index (χ3v) is 2.21. The zero-order chi connectivity index (χ0) is 10.7. The Morgan fingerprint density at radius 3 is 2.50 bits per heavy atom. The Kier molecular flexibility index (Phi) is 3.28. The average Bonchev–Trinajstić information content (AvgIpc) is 2.15. The molecule has 1 aromatic rings. The molecule has 0 N–H and O–H groups in total. The lowest BCUT2D eigenvalue weighted by Crippen LogP contribution is -2.30. The van der Waals surface area contributed by atoms with Crippen molar-refractivity contribution in [2.75, 3.05) is 11.9 Å². The van der Waals surface area contributed by atoms with Crippen LogP contribution in [-0.4, -0.2) is 13.0 Å². The predicted octanol–water partition coefficient (Wildman–Crippen LogP) is 2.61. The number of aryl methyl sites for hydroxylation is 1. The maximum absolute atomic E-state index is 11.7. The minimum atomic E-state index is 0.0421. The van der Waals surface area contributed by atoms with Gasteiger partial charge >= 0.3 is 0 Å². The summed E-state index contributed by atoms with van der Waals surface area (Å²) in [7, 11) is 1.82. The van der Waals surface area contributed by atoms with E-state index in [9.17, 15) is 4.79 Å². The number of amides is 1. The van der Waals surface area contributed by atoms with Gasteiger partial charge in [0.1, 0.15) is 0 Å². The summed E-state index contributed by atoms with van der Waals surface area (Å²) >= 11 is 0. The highest BCUT2D eigenvalue weighted by molar-refractivity contribution is 5.94. The first-order chi connectivity index (χ1) is 6.52. The van der Waals surface area contributed by atoms with Crippen molar-refractivity contribution in [2.45, 2.75) is 20.8 Å². The van der Waals surface area contributed by atoms with Crippen LogP contribution in [0.5, 0.6) is 0 Å². The first-order valence-electron chi connectivity index (χ1n) is 4.86. The van der Waals surface area contributed by atoms with E-state index in [0.29, 0.717) is 0 Å². The van der Waals surface area contributed by atoms with Gasteiger partial charge in [-0.2, -0.15) is 0 Å². The summed E-state index contributed by atoms with van der Waals surface area (Å²) in [6.07, 6.45) is 0. The van der Waals surface area contributed by atoms with Gasteiger partial charge in [-0.05, 0) is 24.6 Å². The number of nitrogens with zero attached hydrogens (tertiary/aromatic N) is 1. The third kappa shape index (κ3) is 2.34. The Bertz CT molecular complexity index is 331. The molecule has 1 rings (SSSR count). The van der Waals surface area contributed by atoms with Crippen molar-refractivity contribution in [3.8, 4) is 0 Å². The fourth-order valence-electron chi connectivity index (χ4n) is 1.35. The first kappa shape index (κ1) is 10.8. The first-order valence-corrected chi connectivity index (χ1v) is 4.86. The molecule has 0 saturated carbocycles. The van der Waals surface area contributed by atoms with Crippen LogP contribution in [0.25, 0.3) is 0 Å². The van der Waals surface area contributed by atoms with Crippen LogP contribution in [0, 0.1) is 12.8 Å². The van der Waals surface area contributed by atoms with Gasteiger partial charge in [0.25, 0.3) is 0 Å². The number of rotatable bonds is 2. The van der Waals surface area contributed by atoms with Gasteiger partial charge < -0.3 is 4.90 Å². The second-order valence-electron chi connectivity index (χ2n) is 3.89. The van der Waals surface area contributed by atoms with Crippen LogP contribution in [0.15, 0.2) is 24.3 Å². The van der Waals surface area contributed by atoms with Crippen molar-refractivity contribution in [2.24, 2.45) is 5.92 Å². The molecule has 76 valence electrons. The van der Waals surface area contributed by atoms with Crippen molar-refractivity contribution >= 4 is 11.6 Å². The summed E-state index contributed by atoms with van der Waals surface area (Å²) in [5, 5.41) is 0. The van der Waals surface area contributed by atoms with Crippen LogP contribution >= 0.6 is 0 Å². The molecular weight excluding hydrogens is 174 g/mol. The Morgan fingerprint density at radius 1 is 1.36 bits per heavy atom. The molecule has 0 aromatic heterocycles. The Hall–Kier alpha value is -1.31. The van der Waals surface area contributed by atoms with Crippen molar-refractivity contribution in [3.63, 3.8) is 0 Å². The van der Waals surface area contributed by atoms with Gasteiger partial charge in [0, 0.05) is 18.7 Å². The molecule has 0 fully saturated rings. The minimum absolute atomic E-state index is 0.0421. The molecule has 0 aliphatic rings. The van der Waals surface area contributed by atoms with E-state index in [1.165, 1.54) is 5.56 Å². The molecule has 1 amide bonds. The summed E-state index contributed by atoms with van der Waals surface area (Å²) < 4.78 is 0. The molecule has 0 saturated heterocycles. The van der Waals surface area contributed by atoms with Crippen LogP contribution in [0.3, 0.4) is 0 Å². The lowest BCUT2D eigenvalue weighted by atomic mass is 10.1. The van der Waals surface area contributed by atoms with E-state index in [-0.39, 0.29) is 11.8 Å². The zero-order valence-corrected chi connectivity index (χ0v) is 9.24. The van der Waals surface area contributed by atoms with E-state index in [1.54, 1.807) is 4.90 Å². The van der Waals surface area contributed by atoms with E-state index in [0.717, 1.165) is 5.69 Å². The van der Waals surface area contributed by atoms with Crippen molar-refractivity contribution in [1.82, 2.24) is 0 Å². The molecule has 0 heterocycles. The second kappa shape index (κ2) is 4.27. The summed E-state index contributed by atoms with van der Waals surface area (Å²) in [5.74, 6) is 0.191. The van der Waals surface area contributed by atoms with Crippen LogP contribution in [0.1, 0.15) is 19.4 Å². The van der Waals surface area contributed by atoms with Crippen molar-refractivity contribution in [3.05, 3.63) is 29.8 Å². The summed E-state index contributed by atoms with van der Waals surface area (Å²) in [6.45, 7) is 5.85. The smallest absolute Gasteiger partial charge is 0.229 e. The highest BCUT2D eigenvalue weighted by atomic mass is 16.2. The second-order valence-corrected chi connectivity index (χ2v) is 3.89. The molecule has 0 bridgehead atoms. The SMILES string of the molecule is Cc1cccc(N(C)C(=O)C(C)C)c1. The Balaban J connectivity index is 2.89. The molecule has 14 heavy (non-hydrogen) atoms. The van der Waals surface area contributed by atoms with Gasteiger partial charge in [0.05, 0.1) is 0 Å². The van der Waals surface area contributed by atoms with Crippen LogP contribution in [0.4, 0.5) is 5.69 Å². The molecule has 0 unspecified atom stereocenters. The highest BCUT2D eigenvalue weighted by Crippen LogP contribution is 2.16. The molecule has 0 aliphatic heterocycles. The number of anilines is 1. The number of carbonyl (C=O) groups excluding carboxylic acids is 1. The number of hydrogen-bond donors (Lipinski definition) is 0. The normalized spacial score (nSPS) is 10.4. The Labute approximate surface area is 85.5 Å². The fraction of sp³-hybridized carbons (Fsp3) is 0.417. The highest BCUT2D eigenvalue weighted by Gasteiger charge is 2.13. The average molecular weight is 191 g/mol. The van der Waals surface area contributed by atoms with Gasteiger partial charge in [-0.1, -0.05) is 26.0 Å². The quantitative estimate of drug-likeness (QED) is 0.703. The molecular formula is C12H17NO. The van der Waals surface area contributed by atoms with E-state index in [4.69, 9.17) is 0 Å². The Morgan fingerprint density at radius 2 is 2.00 bits per heavy atom. The van der Waals surface area contributed by atoms with E-state index < -0.39 is 0 Å². The van der Waals surface area contributed by atoms with E-state index in [2.05, 4.69) is 0 Å². The number of hydrogen-bond acceptors (Lipinski definition) is 1. The maximum Gasteiger partial charge on any atom is 0.229 e. The van der Waals surface area contributed by atoms with Gasteiger partial charge in [0.2, 0.25) is 5.91 Å². The topological polar surface area (TPSA) is 20.3 Å². The van der Waals surface area contributed by atoms with Crippen LogP contribution in [0.2, 0.25) is 0 Å². The molecule has 0 aliphatic carbocycles. The van der Waals surface area contributed by atoms with E-state index >= 15 is 0 Å². The van der Waals surface area contributed by atoms with Crippen LogP contribution in [-0.2, 0) is 4.79 Å². The largest absolute Gasteiger partial charge is 0.315 e. The maximum atomic E-state index is 11.7. The zero-order valence-electron chi connectivity index (χ0n) is 9.24. The molecule has 0 radical (unpaired) electrons. The fourth-order valence-corrected chi connectivity index (χ4v) is 1.35. The number of benzene rings is 1. The predicted molar refractivity (Wildman–Crippen MR) is 59.4 cm³/mol. The molecule has 2 heteroatoms. The molecule has 2 nitrogen and oxygen atoms in total. The third-order valence-electron chi connectivity index (χ3n) is 2.21. The van der Waals surface area contributed by atoms with Gasteiger partial charge in [0.15, 0.2) is 0 Å². The van der Waals surface area contributed by atoms with Gasteiger partial charge in [-0.3, -0.25) is 4.79 Å². The summed E-state index contributed by atoms with van der Waals surface area (Å²) in [6, 6.07) is 7.96. The van der Waals surface area contributed by atoms with Crippen LogP contribution < -0.4 is 4.90 Å². The van der Waals surface area contributed by atoms with Gasteiger partial charge in [-0.25, -0.2) is 0 Å². The van der Waals surface area contributed by atoms with Crippen molar-refractivity contribution < 1.29 is 4.79 Å². The monoisotopic (exact) mass is 191 g/mol. The number of carbonyl (C=O) groups is 1. The minimum Gasteiger partial charge on any atom is -0.315 e. The standard InChI is InChI=1S/C12H17NO/c1-9(2)12(14)13(4)11-7-5-6-10(3)8-11/h5-9H,1-4H3.